The van der Waals surface area contributed by atoms with Gasteiger partial charge in [0.2, 0.25) is 0 Å². The maximum Gasteiger partial charge on any atom is 0.186 e. The van der Waals surface area contributed by atoms with Gasteiger partial charge in [0.05, 0.1) is 12.1 Å². The summed E-state index contributed by atoms with van der Waals surface area (Å²) in [6, 6.07) is 2.62. The molecule has 5 heteroatoms. The molecule has 1 atom stereocenters. The summed E-state index contributed by atoms with van der Waals surface area (Å²) in [5.41, 5.74) is 0.607. The molecule has 0 aliphatic carbocycles. The molecule has 0 radical (unpaired) electrons. The van der Waals surface area contributed by atoms with Crippen molar-refractivity contribution in [1.29, 1.82) is 0 Å². The van der Waals surface area contributed by atoms with Crippen LogP contribution in [0.1, 0.15) is 24.6 Å². The molecule has 0 amide bonds. The highest BCUT2D eigenvalue weighted by Crippen LogP contribution is 2.26. The maximum absolute atomic E-state index is 13.5. The minimum Gasteiger partial charge on any atom is -0.381 e. The molecule has 1 aromatic carbocycles. The summed E-state index contributed by atoms with van der Waals surface area (Å²) in [4.78, 5) is 7.18. The van der Waals surface area contributed by atoms with Gasteiger partial charge in [0.1, 0.15) is 11.3 Å². The van der Waals surface area contributed by atoms with Crippen LogP contribution in [0.4, 0.5) is 8.78 Å². The molecule has 0 spiro atoms. The molecule has 1 N–H and O–H groups in total. The number of hydrogen-bond acceptors (Lipinski definition) is 2. The number of hydrogen-bond donors (Lipinski definition) is 1. The van der Waals surface area contributed by atoms with Gasteiger partial charge in [-0.25, -0.2) is 13.8 Å². The number of nitrogens with one attached hydrogen (secondary N) is 1. The van der Waals surface area contributed by atoms with Crippen LogP contribution in [0.2, 0.25) is 0 Å². The SMILES string of the molecule is Fc1ccc2[nH]c(C3CCCOC3)nc2c1F. The van der Waals surface area contributed by atoms with Crippen LogP contribution in [0.3, 0.4) is 0 Å². The van der Waals surface area contributed by atoms with E-state index in [0.29, 0.717) is 17.9 Å². The molecule has 1 saturated heterocycles. The number of aromatic nitrogens is 2. The molecule has 3 rings (SSSR count). The van der Waals surface area contributed by atoms with E-state index in [0.717, 1.165) is 25.5 Å². The maximum atomic E-state index is 13.5. The number of fused-ring (bicyclic) bond motifs is 1. The summed E-state index contributed by atoms with van der Waals surface area (Å²) >= 11 is 0. The van der Waals surface area contributed by atoms with Gasteiger partial charge in [-0.1, -0.05) is 0 Å². The van der Waals surface area contributed by atoms with E-state index in [-0.39, 0.29) is 11.4 Å². The Bertz CT molecular complexity index is 547. The first-order chi connectivity index (χ1) is 8.25. The van der Waals surface area contributed by atoms with Gasteiger partial charge >= 0.3 is 0 Å². The first-order valence-electron chi connectivity index (χ1n) is 5.67. The highest BCUT2D eigenvalue weighted by molar-refractivity contribution is 5.75. The van der Waals surface area contributed by atoms with Crippen LogP contribution in [0.15, 0.2) is 12.1 Å². The molecule has 1 aliphatic rings. The fourth-order valence-corrected chi connectivity index (χ4v) is 2.19. The Morgan fingerprint density at radius 1 is 1.35 bits per heavy atom. The molecule has 0 saturated carbocycles. The zero-order chi connectivity index (χ0) is 11.8. The van der Waals surface area contributed by atoms with Crippen molar-refractivity contribution in [1.82, 2.24) is 9.97 Å². The Hall–Kier alpha value is -1.49. The molecule has 1 fully saturated rings. The Morgan fingerprint density at radius 2 is 2.24 bits per heavy atom. The lowest BCUT2D eigenvalue weighted by Crippen LogP contribution is -2.16. The molecular formula is C12H12F2N2O. The van der Waals surface area contributed by atoms with Crippen molar-refractivity contribution in [3.8, 4) is 0 Å². The summed E-state index contributed by atoms with van der Waals surface area (Å²) in [6.45, 7) is 1.35. The summed E-state index contributed by atoms with van der Waals surface area (Å²) in [6.07, 6.45) is 1.93. The lowest BCUT2D eigenvalue weighted by Gasteiger charge is -2.19. The van der Waals surface area contributed by atoms with Crippen molar-refractivity contribution in [3.63, 3.8) is 0 Å². The average molecular weight is 238 g/mol. The lowest BCUT2D eigenvalue weighted by atomic mass is 10.0. The van der Waals surface area contributed by atoms with E-state index < -0.39 is 11.6 Å². The second kappa shape index (κ2) is 4.07. The zero-order valence-corrected chi connectivity index (χ0v) is 9.17. The minimum absolute atomic E-state index is 0.0746. The van der Waals surface area contributed by atoms with Gasteiger partial charge in [-0.3, -0.25) is 0 Å². The highest BCUT2D eigenvalue weighted by Gasteiger charge is 2.21. The van der Waals surface area contributed by atoms with Crippen LogP contribution in [0.5, 0.6) is 0 Å². The Morgan fingerprint density at radius 3 is 3.00 bits per heavy atom. The van der Waals surface area contributed by atoms with Gasteiger partial charge in [0, 0.05) is 12.5 Å². The van der Waals surface area contributed by atoms with Crippen molar-refractivity contribution >= 4 is 11.0 Å². The molecule has 1 aliphatic heterocycles. The van der Waals surface area contributed by atoms with Gasteiger partial charge in [-0.2, -0.15) is 0 Å². The van der Waals surface area contributed by atoms with E-state index in [1.807, 2.05) is 0 Å². The third-order valence-electron chi connectivity index (χ3n) is 3.11. The fraction of sp³-hybridized carbons (Fsp3) is 0.417. The molecule has 2 heterocycles. The first-order valence-corrected chi connectivity index (χ1v) is 5.67. The molecule has 1 aromatic heterocycles. The Kier molecular flexibility index (Phi) is 2.55. The number of halogens is 2. The molecule has 3 nitrogen and oxygen atoms in total. The standard InChI is InChI=1S/C12H12F2N2O/c13-8-3-4-9-11(10(8)14)16-12(15-9)7-2-1-5-17-6-7/h3-4,7H,1-2,5-6H2,(H,15,16). The van der Waals surface area contributed by atoms with E-state index in [9.17, 15) is 8.78 Å². The van der Waals surface area contributed by atoms with E-state index in [1.165, 1.54) is 6.07 Å². The minimum atomic E-state index is -0.887. The molecule has 17 heavy (non-hydrogen) atoms. The van der Waals surface area contributed by atoms with Gasteiger partial charge < -0.3 is 9.72 Å². The number of ether oxygens (including phenoxy) is 1. The third-order valence-corrected chi connectivity index (χ3v) is 3.11. The van der Waals surface area contributed by atoms with Crippen LogP contribution >= 0.6 is 0 Å². The van der Waals surface area contributed by atoms with E-state index in [2.05, 4.69) is 9.97 Å². The number of imidazole rings is 1. The van der Waals surface area contributed by atoms with E-state index in [1.54, 1.807) is 0 Å². The number of H-pyrrole nitrogens is 1. The van der Waals surface area contributed by atoms with Crippen LogP contribution in [0.25, 0.3) is 11.0 Å². The monoisotopic (exact) mass is 238 g/mol. The number of nitrogens with zero attached hydrogens (tertiary/aromatic N) is 1. The van der Waals surface area contributed by atoms with Crippen LogP contribution in [-0.2, 0) is 4.74 Å². The summed E-state index contributed by atoms with van der Waals surface area (Å²) in [5.74, 6) is -0.917. The summed E-state index contributed by atoms with van der Waals surface area (Å²) in [5, 5.41) is 0. The van der Waals surface area contributed by atoms with Crippen molar-refractivity contribution in [2.75, 3.05) is 13.2 Å². The Labute approximate surface area is 96.8 Å². The topological polar surface area (TPSA) is 37.9 Å². The van der Waals surface area contributed by atoms with Crippen molar-refractivity contribution in [2.45, 2.75) is 18.8 Å². The Balaban J connectivity index is 2.04. The molecule has 0 bridgehead atoms. The molecule has 1 unspecified atom stereocenters. The van der Waals surface area contributed by atoms with Crippen molar-refractivity contribution in [3.05, 3.63) is 29.6 Å². The number of aromatic amines is 1. The van der Waals surface area contributed by atoms with Crippen molar-refractivity contribution in [2.24, 2.45) is 0 Å². The summed E-state index contributed by atoms with van der Waals surface area (Å²) < 4.78 is 31.9. The molecule has 90 valence electrons. The van der Waals surface area contributed by atoms with E-state index >= 15 is 0 Å². The van der Waals surface area contributed by atoms with Gasteiger partial charge in [0.25, 0.3) is 0 Å². The number of rotatable bonds is 1. The summed E-state index contributed by atoms with van der Waals surface area (Å²) in [7, 11) is 0. The highest BCUT2D eigenvalue weighted by atomic mass is 19.2. The quantitative estimate of drug-likeness (QED) is 0.829. The van der Waals surface area contributed by atoms with Crippen LogP contribution in [-0.4, -0.2) is 23.2 Å². The average Bonchev–Trinajstić information content (AvgIpc) is 2.80. The van der Waals surface area contributed by atoms with Gasteiger partial charge in [-0.05, 0) is 25.0 Å². The second-order valence-electron chi connectivity index (χ2n) is 4.29. The molecular weight excluding hydrogens is 226 g/mol. The third kappa shape index (κ3) is 1.80. The number of benzene rings is 1. The van der Waals surface area contributed by atoms with Gasteiger partial charge in [0.15, 0.2) is 11.6 Å². The zero-order valence-electron chi connectivity index (χ0n) is 9.17. The van der Waals surface area contributed by atoms with Crippen LogP contribution in [0, 0.1) is 11.6 Å². The smallest absolute Gasteiger partial charge is 0.186 e. The molecule has 2 aromatic rings. The van der Waals surface area contributed by atoms with Crippen molar-refractivity contribution < 1.29 is 13.5 Å². The van der Waals surface area contributed by atoms with Crippen LogP contribution < -0.4 is 0 Å². The predicted octanol–water partition coefficient (Wildman–Crippen LogP) is 2.74. The first kappa shape index (κ1) is 10.7. The predicted molar refractivity (Wildman–Crippen MR) is 58.8 cm³/mol. The second-order valence-corrected chi connectivity index (χ2v) is 4.29. The fourth-order valence-electron chi connectivity index (χ4n) is 2.19. The lowest BCUT2D eigenvalue weighted by molar-refractivity contribution is 0.0784. The van der Waals surface area contributed by atoms with Gasteiger partial charge in [-0.15, -0.1) is 0 Å². The largest absolute Gasteiger partial charge is 0.381 e. The normalized spacial score (nSPS) is 20.9. The van der Waals surface area contributed by atoms with E-state index in [4.69, 9.17) is 4.74 Å².